The van der Waals surface area contributed by atoms with Crippen LogP contribution in [0.5, 0.6) is 0 Å². The Morgan fingerprint density at radius 2 is 1.18 bits per heavy atom. The van der Waals surface area contributed by atoms with Gasteiger partial charge in [0.2, 0.25) is 11.3 Å². The largest absolute Gasteiger partial charge is 0.402 e. The predicted octanol–water partition coefficient (Wildman–Crippen LogP) is 4.94. The van der Waals surface area contributed by atoms with E-state index in [1.807, 2.05) is 0 Å². The van der Waals surface area contributed by atoms with E-state index in [0.29, 0.717) is 0 Å². The number of benzene rings is 4. The third kappa shape index (κ3) is 2.11. The van der Waals surface area contributed by atoms with E-state index in [1.165, 1.54) is 22.3 Å². The summed E-state index contributed by atoms with van der Waals surface area (Å²) in [6.45, 7) is 8.73. The van der Waals surface area contributed by atoms with Gasteiger partial charge in [-0.3, -0.25) is 0 Å². The van der Waals surface area contributed by atoms with Gasteiger partial charge in [-0.2, -0.15) is 0 Å². The van der Waals surface area contributed by atoms with Crippen molar-refractivity contribution >= 4 is 56.5 Å². The molecule has 8 heterocycles. The van der Waals surface area contributed by atoms with Gasteiger partial charge in [0.15, 0.2) is 11.3 Å². The van der Waals surface area contributed by atoms with Gasteiger partial charge < -0.3 is 0 Å². The van der Waals surface area contributed by atoms with Gasteiger partial charge in [0, 0.05) is 21.5 Å². The molecule has 8 heteroatoms. The molecular formula is C37H24N8+2. The molecule has 12 rings (SSSR count). The summed E-state index contributed by atoms with van der Waals surface area (Å²) >= 11 is 0. The normalized spacial score (nSPS) is 20.1. The Hall–Kier alpha value is -5.76. The molecule has 6 aliphatic rings. The molecule has 0 saturated heterocycles. The van der Waals surface area contributed by atoms with Crippen LogP contribution in [-0.2, 0) is 5.91 Å². The summed E-state index contributed by atoms with van der Waals surface area (Å²) in [6.07, 6.45) is 0. The van der Waals surface area contributed by atoms with Crippen molar-refractivity contribution in [3.8, 4) is 0 Å². The maximum Gasteiger partial charge on any atom is 0.402 e. The molecule has 0 bridgehead atoms. The van der Waals surface area contributed by atoms with Gasteiger partial charge in [-0.25, -0.2) is 14.1 Å². The molecule has 1 spiro atoms. The van der Waals surface area contributed by atoms with Crippen LogP contribution in [0.2, 0.25) is 0 Å². The fourth-order valence-electron chi connectivity index (χ4n) is 8.94. The Labute approximate surface area is 256 Å². The average Bonchev–Trinajstić information content (AvgIpc) is 3.75. The Morgan fingerprint density at radius 1 is 0.511 bits per heavy atom. The molecule has 0 radical (unpaired) electrons. The van der Waals surface area contributed by atoms with Crippen molar-refractivity contribution in [2.45, 2.75) is 33.6 Å². The molecule has 4 aromatic carbocycles. The van der Waals surface area contributed by atoms with E-state index in [4.69, 9.17) is 20.0 Å². The fourth-order valence-corrected chi connectivity index (χ4v) is 8.94. The highest BCUT2D eigenvalue weighted by molar-refractivity contribution is 6.24. The third-order valence-electron chi connectivity index (χ3n) is 10.7. The zero-order chi connectivity index (χ0) is 29.7. The minimum Gasteiger partial charge on any atom is -0.211 e. The van der Waals surface area contributed by atoms with Crippen molar-refractivity contribution in [2.75, 3.05) is 0 Å². The number of nitrogens with zero attached hydrogens (tertiary/aromatic N) is 8. The lowest BCUT2D eigenvalue weighted by molar-refractivity contribution is -0.791. The molecule has 2 aromatic heterocycles. The second-order valence-corrected chi connectivity index (χ2v) is 13.0. The SMILES string of the molecule is Cc1cccc2c1C1=Nc3c4cccc(C)c4c4n3C35n6c(c7cccc(C)c7c6=N4)=NC4=[N+]3C(=NC2=[N+]15)c1cccc(C)c14. The number of hydrogen-bond donors (Lipinski definition) is 0. The molecule has 0 N–H and O–H groups in total. The molecule has 6 aliphatic heterocycles. The van der Waals surface area contributed by atoms with E-state index in [1.54, 1.807) is 0 Å². The lowest BCUT2D eigenvalue weighted by atomic mass is 10.0. The summed E-state index contributed by atoms with van der Waals surface area (Å²) in [5, 5.41) is 4.48. The van der Waals surface area contributed by atoms with E-state index in [2.05, 4.69) is 119 Å². The lowest BCUT2D eigenvalue weighted by Gasteiger charge is -2.41. The minimum atomic E-state index is -0.953. The van der Waals surface area contributed by atoms with Crippen LogP contribution in [0.25, 0.3) is 21.5 Å². The smallest absolute Gasteiger partial charge is 0.211 e. The first kappa shape index (κ1) is 22.7. The lowest BCUT2D eigenvalue weighted by Crippen LogP contribution is -2.71. The van der Waals surface area contributed by atoms with Gasteiger partial charge in [0.05, 0.1) is 22.3 Å². The van der Waals surface area contributed by atoms with Crippen molar-refractivity contribution in [3.05, 3.63) is 128 Å². The van der Waals surface area contributed by atoms with Crippen LogP contribution in [0.15, 0.2) is 92.8 Å². The van der Waals surface area contributed by atoms with E-state index in [9.17, 15) is 0 Å². The number of aromatic nitrogens is 2. The summed E-state index contributed by atoms with van der Waals surface area (Å²) in [4.78, 5) is 22.2. The Kier molecular flexibility index (Phi) is 3.44. The van der Waals surface area contributed by atoms with Gasteiger partial charge in [0.1, 0.15) is 0 Å². The first-order chi connectivity index (χ1) is 22.0. The predicted molar refractivity (Wildman–Crippen MR) is 173 cm³/mol. The van der Waals surface area contributed by atoms with E-state index >= 15 is 0 Å². The number of hydrogen-bond acceptors (Lipinski definition) is 4. The summed E-state index contributed by atoms with van der Waals surface area (Å²) in [5.41, 5.74) is 11.0. The Morgan fingerprint density at radius 3 is 2.00 bits per heavy atom. The summed E-state index contributed by atoms with van der Waals surface area (Å²) in [6, 6.07) is 26.1. The molecule has 45 heavy (non-hydrogen) atoms. The topological polar surface area (TPSA) is 65.3 Å². The molecule has 0 aliphatic carbocycles. The van der Waals surface area contributed by atoms with E-state index in [-0.39, 0.29) is 0 Å². The van der Waals surface area contributed by atoms with Crippen LogP contribution >= 0.6 is 0 Å². The molecule has 0 amide bonds. The number of aliphatic imine (C=N–C) groups is 2. The Balaban J connectivity index is 1.45. The first-order valence-corrected chi connectivity index (χ1v) is 15.4. The zero-order valence-electron chi connectivity index (χ0n) is 25.0. The highest BCUT2D eigenvalue weighted by Crippen LogP contribution is 2.52. The van der Waals surface area contributed by atoms with Crippen LogP contribution in [0.4, 0.5) is 11.6 Å². The summed E-state index contributed by atoms with van der Waals surface area (Å²) in [7, 11) is 0. The monoisotopic (exact) mass is 580 g/mol. The molecule has 210 valence electrons. The molecule has 0 fully saturated rings. The van der Waals surface area contributed by atoms with E-state index < -0.39 is 5.91 Å². The minimum absolute atomic E-state index is 0.911. The molecular weight excluding hydrogens is 556 g/mol. The summed E-state index contributed by atoms with van der Waals surface area (Å²) in [5.74, 6) is 4.54. The highest BCUT2D eigenvalue weighted by atomic mass is 15.7. The van der Waals surface area contributed by atoms with Gasteiger partial charge in [-0.05, 0) is 74.2 Å². The maximum atomic E-state index is 5.57. The molecule has 6 aromatic rings. The molecule has 8 nitrogen and oxygen atoms in total. The van der Waals surface area contributed by atoms with Crippen molar-refractivity contribution in [2.24, 2.45) is 20.0 Å². The number of rotatable bonds is 0. The van der Waals surface area contributed by atoms with Crippen molar-refractivity contribution in [1.82, 2.24) is 9.13 Å². The van der Waals surface area contributed by atoms with Crippen LogP contribution in [0.1, 0.15) is 44.5 Å². The average molecular weight is 581 g/mol. The summed E-state index contributed by atoms with van der Waals surface area (Å²) < 4.78 is 9.52. The van der Waals surface area contributed by atoms with Gasteiger partial charge in [-0.15, -0.1) is 9.15 Å². The standard InChI is InChI=1S/C37H24N8/c1-17-9-5-13-21-25(17)33-39-31-23-15-7-11-19(3)27(23)35-41-36-28-20(4)12-8-16-24(28)32-40-34-26-18(2)10-6-14-22(26)30-38-29(21)42(33)37(43(30)34,44(31)35)45(32)36/h5-16H,1-4H3/q+2. The highest BCUT2D eigenvalue weighted by Gasteiger charge is 2.69. The second-order valence-electron chi connectivity index (χ2n) is 13.0. The van der Waals surface area contributed by atoms with E-state index in [0.717, 1.165) is 89.8 Å². The molecule has 1 unspecified atom stereocenters. The van der Waals surface area contributed by atoms with Crippen LogP contribution in [0.3, 0.4) is 0 Å². The Bertz CT molecular complexity index is 2850. The number of amidine groups is 4. The molecule has 0 saturated carbocycles. The van der Waals surface area contributed by atoms with Crippen LogP contribution < -0.4 is 11.0 Å². The van der Waals surface area contributed by atoms with Gasteiger partial charge >= 0.3 is 5.91 Å². The third-order valence-corrected chi connectivity index (χ3v) is 10.7. The maximum absolute atomic E-state index is 5.57. The second kappa shape index (κ2) is 6.81. The van der Waals surface area contributed by atoms with Gasteiger partial charge in [-0.1, -0.05) is 63.5 Å². The van der Waals surface area contributed by atoms with Crippen molar-refractivity contribution in [3.63, 3.8) is 0 Å². The van der Waals surface area contributed by atoms with Crippen LogP contribution in [0, 0.1) is 27.7 Å². The number of aryl methyl sites for hydroxylation is 4. The molecule has 1 atom stereocenters. The van der Waals surface area contributed by atoms with Crippen LogP contribution in [-0.4, -0.2) is 41.6 Å². The zero-order valence-corrected chi connectivity index (χ0v) is 25.0. The van der Waals surface area contributed by atoms with Crippen molar-refractivity contribution < 1.29 is 9.15 Å². The quantitative estimate of drug-likeness (QED) is 0.229. The first-order valence-electron chi connectivity index (χ1n) is 15.4. The van der Waals surface area contributed by atoms with Gasteiger partial charge in [0.25, 0.3) is 23.3 Å². The number of fused-ring (bicyclic) bond motifs is 12. The fraction of sp³-hybridized carbons (Fsp3) is 0.135. The van der Waals surface area contributed by atoms with Crippen molar-refractivity contribution in [1.29, 1.82) is 0 Å².